The van der Waals surface area contributed by atoms with Gasteiger partial charge < -0.3 is 9.84 Å². The van der Waals surface area contributed by atoms with E-state index in [1.165, 1.54) is 7.11 Å². The molecule has 0 amide bonds. The molecule has 0 aliphatic heterocycles. The van der Waals surface area contributed by atoms with Crippen LogP contribution in [0.4, 0.5) is 0 Å². The number of aliphatic hydroxyl groups is 1. The average Bonchev–Trinajstić information content (AvgIpc) is 2.27. The van der Waals surface area contributed by atoms with Crippen molar-refractivity contribution in [2.75, 3.05) is 13.4 Å². The second kappa shape index (κ2) is 5.02. The first-order chi connectivity index (χ1) is 6.69. The monoisotopic (exact) mass is 212 g/mol. The lowest BCUT2D eigenvalue weighted by Gasteiger charge is -2.08. The molecule has 0 fully saturated rings. The lowest BCUT2D eigenvalue weighted by molar-refractivity contribution is -0.150. The zero-order valence-electron chi connectivity index (χ0n) is 8.06. The molecule has 4 heteroatoms. The molecule has 0 radical (unpaired) electrons. The second-order valence-corrected chi connectivity index (χ2v) is 3.58. The fourth-order valence-electron chi connectivity index (χ4n) is 1.03. The van der Waals surface area contributed by atoms with Gasteiger partial charge in [-0.05, 0) is 24.0 Å². The molecule has 1 aromatic carbocycles. The van der Waals surface area contributed by atoms with Gasteiger partial charge >= 0.3 is 5.97 Å². The first kappa shape index (κ1) is 11.1. The molecule has 0 bridgehead atoms. The molecular weight excluding hydrogens is 200 g/mol. The van der Waals surface area contributed by atoms with E-state index in [0.29, 0.717) is 5.56 Å². The minimum absolute atomic E-state index is 0.551. The number of benzene rings is 1. The highest BCUT2D eigenvalue weighted by atomic mass is 32.2. The quantitative estimate of drug-likeness (QED) is 0.611. The van der Waals surface area contributed by atoms with Crippen molar-refractivity contribution in [2.45, 2.75) is 11.0 Å². The van der Waals surface area contributed by atoms with Crippen molar-refractivity contribution in [1.82, 2.24) is 0 Å². The van der Waals surface area contributed by atoms with Gasteiger partial charge in [0.1, 0.15) is 0 Å². The highest BCUT2D eigenvalue weighted by Crippen LogP contribution is 2.19. The number of hydrogen-bond acceptors (Lipinski definition) is 4. The van der Waals surface area contributed by atoms with Crippen molar-refractivity contribution in [3.8, 4) is 0 Å². The molecule has 0 spiro atoms. The largest absolute Gasteiger partial charge is 0.467 e. The number of hydrogen-bond donors (Lipinski definition) is 1. The van der Waals surface area contributed by atoms with E-state index in [2.05, 4.69) is 4.74 Å². The Morgan fingerprint density at radius 3 is 2.43 bits per heavy atom. The summed E-state index contributed by atoms with van der Waals surface area (Å²) in [6.45, 7) is 0. The summed E-state index contributed by atoms with van der Waals surface area (Å²) in [7, 11) is 1.25. The fraction of sp³-hybridized carbons (Fsp3) is 0.300. The Morgan fingerprint density at radius 1 is 1.43 bits per heavy atom. The van der Waals surface area contributed by atoms with Crippen LogP contribution in [0.2, 0.25) is 0 Å². The molecule has 0 aliphatic carbocycles. The summed E-state index contributed by atoms with van der Waals surface area (Å²) in [6, 6.07) is 7.14. The zero-order valence-corrected chi connectivity index (χ0v) is 8.88. The number of aliphatic hydroxyl groups excluding tert-OH is 1. The van der Waals surface area contributed by atoms with E-state index < -0.39 is 12.1 Å². The van der Waals surface area contributed by atoms with E-state index in [-0.39, 0.29) is 0 Å². The molecule has 76 valence electrons. The van der Waals surface area contributed by atoms with Crippen LogP contribution in [0.25, 0.3) is 0 Å². The number of esters is 1. The maximum Gasteiger partial charge on any atom is 0.339 e. The van der Waals surface area contributed by atoms with Crippen molar-refractivity contribution in [1.29, 1.82) is 0 Å². The molecule has 1 unspecified atom stereocenters. The third-order valence-corrected chi connectivity index (χ3v) is 2.60. The summed E-state index contributed by atoms with van der Waals surface area (Å²) in [5, 5.41) is 9.47. The van der Waals surface area contributed by atoms with Gasteiger partial charge in [-0.1, -0.05) is 12.1 Å². The van der Waals surface area contributed by atoms with Gasteiger partial charge in [-0.25, -0.2) is 4.79 Å². The van der Waals surface area contributed by atoms with E-state index in [0.717, 1.165) is 4.90 Å². The Hall–Kier alpha value is -1.00. The van der Waals surface area contributed by atoms with Crippen molar-refractivity contribution < 1.29 is 14.6 Å². The van der Waals surface area contributed by atoms with Crippen molar-refractivity contribution >= 4 is 17.7 Å². The summed E-state index contributed by atoms with van der Waals surface area (Å²) >= 11 is 1.61. The van der Waals surface area contributed by atoms with E-state index >= 15 is 0 Å². The smallest absolute Gasteiger partial charge is 0.339 e. The molecular formula is C10H12O3S. The second-order valence-electron chi connectivity index (χ2n) is 2.70. The van der Waals surface area contributed by atoms with Crippen LogP contribution in [-0.2, 0) is 9.53 Å². The molecule has 1 atom stereocenters. The van der Waals surface area contributed by atoms with Gasteiger partial charge in [0.2, 0.25) is 0 Å². The topological polar surface area (TPSA) is 46.5 Å². The molecule has 3 nitrogen and oxygen atoms in total. The summed E-state index contributed by atoms with van der Waals surface area (Å²) in [5.41, 5.74) is 0.551. The van der Waals surface area contributed by atoms with Gasteiger partial charge in [0.15, 0.2) is 6.10 Å². The lowest BCUT2D eigenvalue weighted by Crippen LogP contribution is -2.13. The van der Waals surface area contributed by atoms with Crippen LogP contribution in [-0.4, -0.2) is 24.4 Å². The standard InChI is InChI=1S/C10H12O3S/c1-13-10(12)9(11)7-3-5-8(14-2)6-4-7/h3-6,9,11H,1-2H3. The van der Waals surface area contributed by atoms with Gasteiger partial charge in [0, 0.05) is 4.90 Å². The van der Waals surface area contributed by atoms with E-state index in [1.807, 2.05) is 18.4 Å². The van der Waals surface area contributed by atoms with Gasteiger partial charge in [0.25, 0.3) is 0 Å². The molecule has 0 heterocycles. The Balaban J connectivity index is 2.81. The van der Waals surface area contributed by atoms with Gasteiger partial charge in [-0.2, -0.15) is 0 Å². The predicted octanol–water partition coefficient (Wildman–Crippen LogP) is 1.61. The highest BCUT2D eigenvalue weighted by Gasteiger charge is 2.17. The summed E-state index contributed by atoms with van der Waals surface area (Å²) in [5.74, 6) is -0.637. The Labute approximate surface area is 87.1 Å². The van der Waals surface area contributed by atoms with Crippen LogP contribution in [0.15, 0.2) is 29.2 Å². The summed E-state index contributed by atoms with van der Waals surface area (Å²) < 4.78 is 4.43. The molecule has 0 saturated carbocycles. The lowest BCUT2D eigenvalue weighted by atomic mass is 10.1. The van der Waals surface area contributed by atoms with Crippen LogP contribution in [0.1, 0.15) is 11.7 Å². The Kier molecular flexibility index (Phi) is 3.98. The van der Waals surface area contributed by atoms with Crippen LogP contribution in [0.5, 0.6) is 0 Å². The van der Waals surface area contributed by atoms with E-state index in [9.17, 15) is 9.90 Å². The number of carbonyl (C=O) groups excluding carboxylic acids is 1. The average molecular weight is 212 g/mol. The molecule has 0 aromatic heterocycles. The normalized spacial score (nSPS) is 12.2. The van der Waals surface area contributed by atoms with Crippen molar-refractivity contribution in [3.05, 3.63) is 29.8 Å². The number of rotatable bonds is 3. The maximum absolute atomic E-state index is 11.0. The fourth-order valence-corrected chi connectivity index (χ4v) is 1.44. The van der Waals surface area contributed by atoms with Gasteiger partial charge in [0.05, 0.1) is 7.11 Å². The van der Waals surface area contributed by atoms with E-state index in [4.69, 9.17) is 0 Å². The maximum atomic E-state index is 11.0. The van der Waals surface area contributed by atoms with Crippen LogP contribution in [0.3, 0.4) is 0 Å². The molecule has 1 rings (SSSR count). The third kappa shape index (κ3) is 2.49. The molecule has 1 N–H and O–H groups in total. The molecule has 1 aromatic rings. The summed E-state index contributed by atoms with van der Waals surface area (Å²) in [4.78, 5) is 12.1. The highest BCUT2D eigenvalue weighted by molar-refractivity contribution is 7.98. The Morgan fingerprint density at radius 2 is 2.00 bits per heavy atom. The van der Waals surface area contributed by atoms with Crippen LogP contribution in [0, 0.1) is 0 Å². The first-order valence-corrected chi connectivity index (χ1v) is 5.31. The third-order valence-electron chi connectivity index (χ3n) is 1.86. The number of methoxy groups -OCH3 is 1. The Bertz CT molecular complexity index is 308. The number of carbonyl (C=O) groups is 1. The minimum Gasteiger partial charge on any atom is -0.467 e. The van der Waals surface area contributed by atoms with Crippen LogP contribution >= 0.6 is 11.8 Å². The van der Waals surface area contributed by atoms with Gasteiger partial charge in [-0.3, -0.25) is 0 Å². The SMILES string of the molecule is COC(=O)C(O)c1ccc(SC)cc1. The summed E-state index contributed by atoms with van der Waals surface area (Å²) in [6.07, 6.45) is 0.780. The zero-order chi connectivity index (χ0) is 10.6. The molecule has 14 heavy (non-hydrogen) atoms. The molecule has 0 saturated heterocycles. The minimum atomic E-state index is -1.18. The van der Waals surface area contributed by atoms with Crippen molar-refractivity contribution in [2.24, 2.45) is 0 Å². The van der Waals surface area contributed by atoms with Crippen LogP contribution < -0.4 is 0 Å². The van der Waals surface area contributed by atoms with Gasteiger partial charge in [-0.15, -0.1) is 11.8 Å². The number of thioether (sulfide) groups is 1. The first-order valence-electron chi connectivity index (χ1n) is 4.09. The van der Waals surface area contributed by atoms with E-state index in [1.54, 1.807) is 23.9 Å². The molecule has 0 aliphatic rings. The predicted molar refractivity (Wildman–Crippen MR) is 55.2 cm³/mol. The van der Waals surface area contributed by atoms with Crippen molar-refractivity contribution in [3.63, 3.8) is 0 Å². The number of ether oxygens (including phenoxy) is 1.